The molecule has 0 radical (unpaired) electrons. The number of carbonyl (C=O) groups is 1. The van der Waals surface area contributed by atoms with Crippen LogP contribution in [0.1, 0.15) is 24.5 Å². The number of carboxylic acids is 1. The van der Waals surface area contributed by atoms with Crippen molar-refractivity contribution in [3.8, 4) is 0 Å². The largest absolute Gasteiger partial charge is 0.481 e. The van der Waals surface area contributed by atoms with E-state index in [1.54, 1.807) is 0 Å². The lowest BCUT2D eigenvalue weighted by Crippen LogP contribution is -2.27. The first-order chi connectivity index (χ1) is 8.74. The average Bonchev–Trinajstić information content (AvgIpc) is 2.99. The Morgan fingerprint density at radius 2 is 2.33 bits per heavy atom. The van der Waals surface area contributed by atoms with Crippen LogP contribution >= 0.6 is 0 Å². The molecule has 2 aliphatic heterocycles. The van der Waals surface area contributed by atoms with E-state index in [1.807, 2.05) is 0 Å². The van der Waals surface area contributed by atoms with Crippen LogP contribution < -0.4 is 5.32 Å². The maximum atomic E-state index is 11.0. The molecule has 2 N–H and O–H groups in total. The molecule has 98 valence electrons. The second-order valence-corrected chi connectivity index (χ2v) is 5.28. The lowest BCUT2D eigenvalue weighted by atomic mass is 9.97. The Balaban J connectivity index is 1.73. The standard InChI is InChI=1S/C12H18N4O2/c17-12(18)9-2-4-16-10(14-15-11(16)6-9)5-8-1-3-13-7-8/h8-9,13H,1-7H2,(H,17,18). The highest BCUT2D eigenvalue weighted by Crippen LogP contribution is 2.22. The molecule has 1 aromatic heterocycles. The van der Waals surface area contributed by atoms with E-state index < -0.39 is 5.97 Å². The highest BCUT2D eigenvalue weighted by atomic mass is 16.4. The van der Waals surface area contributed by atoms with Crippen LogP contribution in [0.25, 0.3) is 0 Å². The molecular formula is C12H18N4O2. The number of nitrogens with one attached hydrogen (secondary N) is 1. The summed E-state index contributed by atoms with van der Waals surface area (Å²) in [4.78, 5) is 11.0. The van der Waals surface area contributed by atoms with E-state index in [1.165, 1.54) is 6.42 Å². The van der Waals surface area contributed by atoms with Gasteiger partial charge in [0.05, 0.1) is 5.92 Å². The highest BCUT2D eigenvalue weighted by Gasteiger charge is 2.28. The van der Waals surface area contributed by atoms with Crippen molar-refractivity contribution in [1.82, 2.24) is 20.1 Å². The number of aliphatic carboxylic acids is 1. The molecule has 2 unspecified atom stereocenters. The smallest absolute Gasteiger partial charge is 0.307 e. The van der Waals surface area contributed by atoms with Gasteiger partial charge in [0.2, 0.25) is 0 Å². The summed E-state index contributed by atoms with van der Waals surface area (Å²) in [6.45, 7) is 2.89. The van der Waals surface area contributed by atoms with Crippen molar-refractivity contribution < 1.29 is 9.90 Å². The lowest BCUT2D eigenvalue weighted by molar-refractivity contribution is -0.142. The predicted octanol–water partition coefficient (Wildman–Crippen LogP) is 0.0771. The Bertz CT molecular complexity index is 451. The Morgan fingerprint density at radius 3 is 3.06 bits per heavy atom. The van der Waals surface area contributed by atoms with Crippen molar-refractivity contribution >= 4 is 5.97 Å². The maximum absolute atomic E-state index is 11.0. The topological polar surface area (TPSA) is 80.0 Å². The molecule has 0 amide bonds. The van der Waals surface area contributed by atoms with Crippen LogP contribution in [0.5, 0.6) is 0 Å². The second-order valence-electron chi connectivity index (χ2n) is 5.28. The summed E-state index contributed by atoms with van der Waals surface area (Å²) in [5.41, 5.74) is 0. The summed E-state index contributed by atoms with van der Waals surface area (Å²) in [6, 6.07) is 0. The second kappa shape index (κ2) is 4.68. The number of carboxylic acid groups (broad SMARTS) is 1. The quantitative estimate of drug-likeness (QED) is 0.794. The zero-order chi connectivity index (χ0) is 12.5. The third kappa shape index (κ3) is 2.12. The third-order valence-corrected chi connectivity index (χ3v) is 4.02. The van der Waals surface area contributed by atoms with E-state index in [2.05, 4.69) is 20.1 Å². The summed E-state index contributed by atoms with van der Waals surface area (Å²) in [6.07, 6.45) is 3.36. The van der Waals surface area contributed by atoms with Crippen LogP contribution in [0.2, 0.25) is 0 Å². The summed E-state index contributed by atoms with van der Waals surface area (Å²) >= 11 is 0. The van der Waals surface area contributed by atoms with Gasteiger partial charge < -0.3 is 15.0 Å². The molecule has 3 rings (SSSR count). The SMILES string of the molecule is O=C(O)C1CCn2c(CC3CCNC3)nnc2C1. The number of nitrogens with zero attached hydrogens (tertiary/aromatic N) is 3. The molecule has 2 atom stereocenters. The van der Waals surface area contributed by atoms with E-state index in [-0.39, 0.29) is 5.92 Å². The van der Waals surface area contributed by atoms with Crippen molar-refractivity contribution in [2.45, 2.75) is 32.2 Å². The van der Waals surface area contributed by atoms with Gasteiger partial charge in [0.15, 0.2) is 0 Å². The minimum atomic E-state index is -0.717. The van der Waals surface area contributed by atoms with Crippen molar-refractivity contribution in [3.63, 3.8) is 0 Å². The van der Waals surface area contributed by atoms with Gasteiger partial charge in [0.1, 0.15) is 11.6 Å². The minimum Gasteiger partial charge on any atom is -0.481 e. The van der Waals surface area contributed by atoms with E-state index in [9.17, 15) is 4.79 Å². The Hall–Kier alpha value is -1.43. The molecule has 6 heteroatoms. The Morgan fingerprint density at radius 1 is 1.44 bits per heavy atom. The molecule has 1 fully saturated rings. The normalized spacial score (nSPS) is 27.1. The van der Waals surface area contributed by atoms with Crippen LogP contribution in [0, 0.1) is 11.8 Å². The van der Waals surface area contributed by atoms with Crippen LogP contribution in [-0.2, 0) is 24.2 Å². The first kappa shape index (κ1) is 11.6. The van der Waals surface area contributed by atoms with Gasteiger partial charge in [-0.2, -0.15) is 0 Å². The molecule has 0 aliphatic carbocycles. The maximum Gasteiger partial charge on any atom is 0.307 e. The number of rotatable bonds is 3. The highest BCUT2D eigenvalue weighted by molar-refractivity contribution is 5.70. The molecule has 18 heavy (non-hydrogen) atoms. The molecular weight excluding hydrogens is 232 g/mol. The van der Waals surface area contributed by atoms with Crippen LogP contribution in [0.3, 0.4) is 0 Å². The lowest BCUT2D eigenvalue weighted by Gasteiger charge is -2.21. The van der Waals surface area contributed by atoms with E-state index in [0.717, 1.165) is 37.7 Å². The van der Waals surface area contributed by atoms with Gasteiger partial charge in [-0.1, -0.05) is 0 Å². The summed E-state index contributed by atoms with van der Waals surface area (Å²) < 4.78 is 2.12. The van der Waals surface area contributed by atoms with E-state index in [4.69, 9.17) is 5.11 Å². The van der Waals surface area contributed by atoms with Crippen molar-refractivity contribution in [2.75, 3.05) is 13.1 Å². The molecule has 1 saturated heterocycles. The number of hydrogen-bond acceptors (Lipinski definition) is 4. The Kier molecular flexibility index (Phi) is 3.03. The van der Waals surface area contributed by atoms with Gasteiger partial charge in [-0.3, -0.25) is 4.79 Å². The van der Waals surface area contributed by atoms with Gasteiger partial charge in [-0.05, 0) is 31.8 Å². The fourth-order valence-electron chi connectivity index (χ4n) is 2.90. The average molecular weight is 250 g/mol. The summed E-state index contributed by atoms with van der Waals surface area (Å²) in [7, 11) is 0. The van der Waals surface area contributed by atoms with Gasteiger partial charge in [-0.15, -0.1) is 10.2 Å². The van der Waals surface area contributed by atoms with Crippen LogP contribution in [-0.4, -0.2) is 38.9 Å². The minimum absolute atomic E-state index is 0.289. The van der Waals surface area contributed by atoms with Gasteiger partial charge in [0, 0.05) is 19.4 Å². The van der Waals surface area contributed by atoms with Gasteiger partial charge in [0.25, 0.3) is 0 Å². The molecule has 0 bridgehead atoms. The summed E-state index contributed by atoms with van der Waals surface area (Å²) in [5.74, 6) is 1.51. The fourth-order valence-corrected chi connectivity index (χ4v) is 2.90. The van der Waals surface area contributed by atoms with Crippen molar-refractivity contribution in [2.24, 2.45) is 11.8 Å². The fraction of sp³-hybridized carbons (Fsp3) is 0.750. The van der Waals surface area contributed by atoms with Crippen molar-refractivity contribution in [3.05, 3.63) is 11.6 Å². The zero-order valence-corrected chi connectivity index (χ0v) is 10.3. The monoisotopic (exact) mass is 250 g/mol. The number of hydrogen-bond donors (Lipinski definition) is 2. The zero-order valence-electron chi connectivity index (χ0n) is 10.3. The van der Waals surface area contributed by atoms with Gasteiger partial charge in [-0.25, -0.2) is 0 Å². The molecule has 1 aromatic rings. The van der Waals surface area contributed by atoms with Crippen LogP contribution in [0.4, 0.5) is 0 Å². The predicted molar refractivity (Wildman–Crippen MR) is 64.1 cm³/mol. The Labute approximate surface area is 105 Å². The molecule has 0 spiro atoms. The first-order valence-electron chi connectivity index (χ1n) is 6.58. The van der Waals surface area contributed by atoms with Gasteiger partial charge >= 0.3 is 5.97 Å². The third-order valence-electron chi connectivity index (χ3n) is 4.02. The number of aromatic nitrogens is 3. The van der Waals surface area contributed by atoms with E-state index >= 15 is 0 Å². The number of fused-ring (bicyclic) bond motifs is 1. The van der Waals surface area contributed by atoms with Crippen molar-refractivity contribution in [1.29, 1.82) is 0 Å². The molecule has 0 saturated carbocycles. The first-order valence-corrected chi connectivity index (χ1v) is 6.58. The molecule has 2 aliphatic rings. The molecule has 3 heterocycles. The van der Waals surface area contributed by atoms with E-state index in [0.29, 0.717) is 18.8 Å². The van der Waals surface area contributed by atoms with Crippen LogP contribution in [0.15, 0.2) is 0 Å². The molecule has 0 aromatic carbocycles. The summed E-state index contributed by atoms with van der Waals surface area (Å²) in [5, 5.41) is 20.8. The molecule has 6 nitrogen and oxygen atoms in total.